The fraction of sp³-hybridized carbons (Fsp3) is 0.261. The lowest BCUT2D eigenvalue weighted by atomic mass is 10.0. The minimum Gasteiger partial charge on any atom is -0.412 e. The van der Waals surface area contributed by atoms with Crippen molar-refractivity contribution in [1.29, 1.82) is 0 Å². The SMILES string of the molecule is CS(=O)c1ccc(C(=O)NCc2ccc3c(c2)C(=O)NC3=O)cc1.C[C@@H]1CCC(=O)NC1=O.O.[HH].[HH]. The zero-order valence-electron chi connectivity index (χ0n) is 18.6. The molecule has 2 atom stereocenters. The highest BCUT2D eigenvalue weighted by molar-refractivity contribution is 7.84. The highest BCUT2D eigenvalue weighted by atomic mass is 32.2. The summed E-state index contributed by atoms with van der Waals surface area (Å²) in [5, 5.41) is 7.23. The third kappa shape index (κ3) is 6.42. The molecule has 1 saturated heterocycles. The summed E-state index contributed by atoms with van der Waals surface area (Å²) in [6, 6.07) is 11.4. The molecule has 2 aliphatic heterocycles. The first kappa shape index (κ1) is 26.6. The van der Waals surface area contributed by atoms with Crippen LogP contribution in [0.25, 0.3) is 0 Å². The maximum Gasteiger partial charge on any atom is 0.258 e. The number of hydrogen-bond donors (Lipinski definition) is 3. The van der Waals surface area contributed by atoms with Gasteiger partial charge in [0.1, 0.15) is 0 Å². The molecule has 2 aromatic carbocycles. The van der Waals surface area contributed by atoms with Crippen molar-refractivity contribution in [3.63, 3.8) is 0 Å². The van der Waals surface area contributed by atoms with Gasteiger partial charge in [-0.25, -0.2) is 0 Å². The summed E-state index contributed by atoms with van der Waals surface area (Å²) in [7, 11) is -1.09. The molecule has 34 heavy (non-hydrogen) atoms. The molecular formula is C23H29N3O7S. The number of carbonyl (C=O) groups excluding carboxylic acids is 5. The molecule has 1 unspecified atom stereocenters. The zero-order valence-corrected chi connectivity index (χ0v) is 19.4. The molecule has 10 nitrogen and oxygen atoms in total. The van der Waals surface area contributed by atoms with Crippen molar-refractivity contribution < 1.29 is 36.5 Å². The summed E-state index contributed by atoms with van der Waals surface area (Å²) in [4.78, 5) is 57.1. The van der Waals surface area contributed by atoms with Crippen LogP contribution in [0.4, 0.5) is 0 Å². The Kier molecular flexibility index (Phi) is 8.93. The molecule has 11 heteroatoms. The molecule has 0 radical (unpaired) electrons. The molecule has 2 aromatic rings. The molecule has 1 fully saturated rings. The molecule has 5 amide bonds. The van der Waals surface area contributed by atoms with Crippen LogP contribution in [0.5, 0.6) is 0 Å². The number of nitrogens with one attached hydrogen (secondary N) is 3. The number of benzene rings is 2. The Hall–Kier alpha value is -3.70. The molecule has 0 spiro atoms. The number of fused-ring (bicyclic) bond motifs is 1. The topological polar surface area (TPSA) is 170 Å². The Morgan fingerprint density at radius 1 is 1.03 bits per heavy atom. The van der Waals surface area contributed by atoms with E-state index >= 15 is 0 Å². The molecular weight excluding hydrogens is 462 g/mol. The van der Waals surface area contributed by atoms with Gasteiger partial charge in [-0.3, -0.25) is 38.8 Å². The molecule has 5 N–H and O–H groups in total. The highest BCUT2D eigenvalue weighted by Gasteiger charge is 2.26. The second-order valence-corrected chi connectivity index (χ2v) is 9.06. The largest absolute Gasteiger partial charge is 0.412 e. The third-order valence-electron chi connectivity index (χ3n) is 5.22. The number of carbonyl (C=O) groups is 5. The van der Waals surface area contributed by atoms with Crippen LogP contribution in [0.2, 0.25) is 0 Å². The van der Waals surface area contributed by atoms with E-state index in [1.54, 1.807) is 48.7 Å². The van der Waals surface area contributed by atoms with Gasteiger partial charge in [-0.1, -0.05) is 13.0 Å². The Morgan fingerprint density at radius 2 is 1.68 bits per heavy atom. The van der Waals surface area contributed by atoms with Gasteiger partial charge in [0.05, 0.1) is 11.1 Å². The first-order chi connectivity index (χ1) is 15.7. The molecule has 2 aliphatic rings. The fourth-order valence-electron chi connectivity index (χ4n) is 3.21. The second kappa shape index (κ2) is 11.4. The average Bonchev–Trinajstić information content (AvgIpc) is 3.08. The van der Waals surface area contributed by atoms with Gasteiger partial charge >= 0.3 is 0 Å². The van der Waals surface area contributed by atoms with Gasteiger partial charge in [0.15, 0.2) is 0 Å². The van der Waals surface area contributed by atoms with E-state index in [1.165, 1.54) is 0 Å². The summed E-state index contributed by atoms with van der Waals surface area (Å²) < 4.78 is 11.3. The van der Waals surface area contributed by atoms with Crippen molar-refractivity contribution >= 4 is 40.3 Å². The van der Waals surface area contributed by atoms with E-state index in [0.717, 1.165) is 5.56 Å². The quantitative estimate of drug-likeness (QED) is 0.538. The van der Waals surface area contributed by atoms with Gasteiger partial charge in [0.25, 0.3) is 17.7 Å². The number of hydrogen-bond acceptors (Lipinski definition) is 6. The van der Waals surface area contributed by atoms with Gasteiger partial charge in [0.2, 0.25) is 11.8 Å². The smallest absolute Gasteiger partial charge is 0.258 e. The lowest BCUT2D eigenvalue weighted by Crippen LogP contribution is -2.39. The number of rotatable bonds is 4. The minimum atomic E-state index is -1.09. The number of imide groups is 2. The van der Waals surface area contributed by atoms with Gasteiger partial charge < -0.3 is 10.8 Å². The summed E-state index contributed by atoms with van der Waals surface area (Å²) >= 11 is 0. The van der Waals surface area contributed by atoms with Crippen LogP contribution < -0.4 is 16.0 Å². The van der Waals surface area contributed by atoms with Gasteiger partial charge in [-0.15, -0.1) is 0 Å². The van der Waals surface area contributed by atoms with E-state index in [-0.39, 0.29) is 38.5 Å². The molecule has 0 aromatic heterocycles. The summed E-state index contributed by atoms with van der Waals surface area (Å²) in [5.74, 6) is -1.36. The standard InChI is InChI=1S/C17H14N2O4S.C6H9NO2.H2O.2H2/c1-24(23)12-5-3-11(4-6-12)15(20)18-9-10-2-7-13-14(8-10)17(22)19-16(13)21;1-4-2-3-5(8)7-6(4)9;;;/h2-8H,9H2,1H3,(H,18,20)(H,19,21,22);4H,2-3H2,1H3,(H,7,8,9);1H2;2*1H/t;4-;;;/m.1.../s1. The number of piperidine rings is 1. The molecule has 0 saturated carbocycles. The first-order valence-corrected chi connectivity index (χ1v) is 11.8. The molecule has 184 valence electrons. The van der Waals surface area contributed by atoms with Gasteiger partial charge in [0, 0.05) is 49.3 Å². The maximum atomic E-state index is 12.1. The van der Waals surface area contributed by atoms with E-state index in [4.69, 9.17) is 0 Å². The van der Waals surface area contributed by atoms with E-state index in [9.17, 15) is 28.2 Å². The summed E-state index contributed by atoms with van der Waals surface area (Å²) in [6.45, 7) is 2.05. The third-order valence-corrected chi connectivity index (χ3v) is 6.15. The number of amides is 5. The lowest BCUT2D eigenvalue weighted by Gasteiger charge is -2.15. The molecule has 0 bridgehead atoms. The van der Waals surface area contributed by atoms with Crippen molar-refractivity contribution in [3.05, 3.63) is 64.7 Å². The van der Waals surface area contributed by atoms with E-state index in [2.05, 4.69) is 16.0 Å². The predicted octanol–water partition coefficient (Wildman–Crippen LogP) is 0.964. The normalized spacial score (nSPS) is 17.3. The van der Waals surface area contributed by atoms with Crippen LogP contribution in [-0.2, 0) is 26.9 Å². The zero-order chi connectivity index (χ0) is 24.1. The van der Waals surface area contributed by atoms with E-state index < -0.39 is 22.6 Å². The Bertz CT molecular complexity index is 1170. The van der Waals surface area contributed by atoms with Crippen molar-refractivity contribution in [2.45, 2.75) is 31.2 Å². The Morgan fingerprint density at radius 3 is 2.26 bits per heavy atom. The predicted molar refractivity (Wildman–Crippen MR) is 128 cm³/mol. The monoisotopic (exact) mass is 491 g/mol. The summed E-state index contributed by atoms with van der Waals surface area (Å²) in [6.07, 6.45) is 2.77. The van der Waals surface area contributed by atoms with Gasteiger partial charge in [-0.2, -0.15) is 0 Å². The van der Waals surface area contributed by atoms with E-state index in [1.807, 2.05) is 6.92 Å². The van der Waals surface area contributed by atoms with Crippen LogP contribution in [0, 0.1) is 5.92 Å². The van der Waals surface area contributed by atoms with Crippen molar-refractivity contribution in [2.75, 3.05) is 6.26 Å². The molecule has 0 aliphatic carbocycles. The Balaban J connectivity index is 0.000000875. The van der Waals surface area contributed by atoms with Crippen molar-refractivity contribution in [2.24, 2.45) is 5.92 Å². The summed E-state index contributed by atoms with van der Waals surface area (Å²) in [5.41, 5.74) is 1.84. The van der Waals surface area contributed by atoms with E-state index in [0.29, 0.717) is 34.4 Å². The fourth-order valence-corrected chi connectivity index (χ4v) is 3.73. The highest BCUT2D eigenvalue weighted by Crippen LogP contribution is 2.17. The lowest BCUT2D eigenvalue weighted by molar-refractivity contribution is -0.135. The van der Waals surface area contributed by atoms with Crippen LogP contribution in [0.1, 0.15) is 59.3 Å². The second-order valence-electron chi connectivity index (χ2n) is 7.68. The first-order valence-electron chi connectivity index (χ1n) is 10.2. The average molecular weight is 492 g/mol. The van der Waals surface area contributed by atoms with Crippen molar-refractivity contribution in [1.82, 2.24) is 16.0 Å². The molecule has 4 rings (SSSR count). The minimum absolute atomic E-state index is 0. The maximum absolute atomic E-state index is 12.1. The molecule has 2 heterocycles. The van der Waals surface area contributed by atoms with Crippen LogP contribution in [-0.4, -0.2) is 45.5 Å². The van der Waals surface area contributed by atoms with Crippen LogP contribution >= 0.6 is 0 Å². The van der Waals surface area contributed by atoms with Gasteiger partial charge in [-0.05, 0) is 48.4 Å². The van der Waals surface area contributed by atoms with Crippen LogP contribution in [0.15, 0.2) is 47.4 Å². The Labute approximate surface area is 201 Å². The van der Waals surface area contributed by atoms with Crippen LogP contribution in [0.3, 0.4) is 0 Å². The van der Waals surface area contributed by atoms with Crippen molar-refractivity contribution in [3.8, 4) is 0 Å².